The summed E-state index contributed by atoms with van der Waals surface area (Å²) in [5.41, 5.74) is 0.686. The van der Waals surface area contributed by atoms with Crippen molar-refractivity contribution in [2.75, 3.05) is 11.9 Å². The van der Waals surface area contributed by atoms with E-state index >= 15 is 0 Å². The summed E-state index contributed by atoms with van der Waals surface area (Å²) in [6.45, 7) is 4.17. The van der Waals surface area contributed by atoms with Crippen molar-refractivity contribution >= 4 is 21.7 Å². The van der Waals surface area contributed by atoms with E-state index in [4.69, 9.17) is 4.74 Å². The second-order valence-corrected chi connectivity index (χ2v) is 3.53. The van der Waals surface area contributed by atoms with Crippen molar-refractivity contribution in [2.24, 2.45) is 0 Å². The van der Waals surface area contributed by atoms with Crippen molar-refractivity contribution in [3.05, 3.63) is 36.8 Å². The lowest BCUT2D eigenvalue weighted by Crippen LogP contribution is -1.99. The Labute approximate surface area is 92.4 Å². The maximum atomic E-state index is 11.2. The summed E-state index contributed by atoms with van der Waals surface area (Å²) in [4.78, 5) is 11.2. The van der Waals surface area contributed by atoms with Gasteiger partial charge in [0.1, 0.15) is 12.2 Å². The minimum Gasteiger partial charge on any atom is -0.493 e. The second kappa shape index (κ2) is 5.70. The van der Waals surface area contributed by atoms with Crippen LogP contribution in [0.1, 0.15) is 16.8 Å². The fraction of sp³-hybridized carbons (Fsp3) is 0.273. The molecule has 3 heteroatoms. The topological polar surface area (TPSA) is 26.3 Å². The third-order valence-electron chi connectivity index (χ3n) is 1.75. The van der Waals surface area contributed by atoms with Crippen LogP contribution in [0.4, 0.5) is 0 Å². The summed E-state index contributed by atoms with van der Waals surface area (Å²) in [5, 5.41) is 0.798. The molecular weight excluding hydrogens is 244 g/mol. The molecular formula is C11H12BrO2+. The van der Waals surface area contributed by atoms with Crippen molar-refractivity contribution in [1.29, 1.82) is 0 Å². The molecule has 0 spiro atoms. The number of ketones is 1. The van der Waals surface area contributed by atoms with Crippen molar-refractivity contribution in [2.45, 2.75) is 6.42 Å². The van der Waals surface area contributed by atoms with E-state index in [1.165, 1.54) is 0 Å². The maximum Gasteiger partial charge on any atom is 0.206 e. The molecule has 0 unspecified atom stereocenters. The third kappa shape index (κ3) is 3.07. The van der Waals surface area contributed by atoms with E-state index in [9.17, 15) is 4.79 Å². The lowest BCUT2D eigenvalue weighted by molar-refractivity contribution is 0.0995. The molecule has 0 radical (unpaired) electrons. The SMILES string of the molecule is [CH2+]CC(=O)c1ccc(OCCBr)cc1. The molecule has 74 valence electrons. The van der Waals surface area contributed by atoms with Gasteiger partial charge in [0.15, 0.2) is 0 Å². The lowest BCUT2D eigenvalue weighted by Gasteiger charge is -2.03. The van der Waals surface area contributed by atoms with Gasteiger partial charge in [-0.25, -0.2) is 0 Å². The highest BCUT2D eigenvalue weighted by Gasteiger charge is 2.05. The number of halogens is 1. The second-order valence-electron chi connectivity index (χ2n) is 2.73. The van der Waals surface area contributed by atoms with Crippen molar-refractivity contribution in [3.8, 4) is 5.75 Å². The Morgan fingerprint density at radius 3 is 2.50 bits per heavy atom. The van der Waals surface area contributed by atoms with E-state index in [-0.39, 0.29) is 5.78 Å². The molecule has 1 aromatic rings. The first kappa shape index (κ1) is 11.1. The van der Waals surface area contributed by atoms with Crippen molar-refractivity contribution < 1.29 is 9.53 Å². The number of carbonyl (C=O) groups excluding carboxylic acids is 1. The molecule has 0 aliphatic carbocycles. The highest BCUT2D eigenvalue weighted by atomic mass is 79.9. The lowest BCUT2D eigenvalue weighted by atomic mass is 10.1. The van der Waals surface area contributed by atoms with E-state index in [1.54, 1.807) is 24.3 Å². The van der Waals surface area contributed by atoms with Crippen LogP contribution in [0.5, 0.6) is 5.75 Å². The summed E-state index contributed by atoms with van der Waals surface area (Å²) < 4.78 is 5.35. The molecule has 0 saturated carbocycles. The minimum atomic E-state index is 0.0528. The van der Waals surface area contributed by atoms with Gasteiger partial charge in [-0.1, -0.05) is 15.9 Å². The summed E-state index contributed by atoms with van der Waals surface area (Å²) in [5.74, 6) is 0.835. The highest BCUT2D eigenvalue weighted by molar-refractivity contribution is 9.09. The Morgan fingerprint density at radius 2 is 2.00 bits per heavy atom. The van der Waals surface area contributed by atoms with E-state index in [2.05, 4.69) is 22.9 Å². The van der Waals surface area contributed by atoms with E-state index in [0.717, 1.165) is 11.1 Å². The fourth-order valence-corrected chi connectivity index (χ4v) is 1.20. The summed E-state index contributed by atoms with van der Waals surface area (Å²) >= 11 is 3.27. The van der Waals surface area contributed by atoms with Crippen molar-refractivity contribution in [3.63, 3.8) is 0 Å². The zero-order valence-electron chi connectivity index (χ0n) is 7.83. The number of Topliss-reactive ketones (excluding diaryl/α,β-unsaturated/α-hetero) is 1. The largest absolute Gasteiger partial charge is 0.493 e. The van der Waals surface area contributed by atoms with E-state index in [1.807, 2.05) is 0 Å². The van der Waals surface area contributed by atoms with Gasteiger partial charge in [-0.15, -0.1) is 0 Å². The number of hydrogen-bond acceptors (Lipinski definition) is 2. The van der Waals surface area contributed by atoms with Gasteiger partial charge in [0.2, 0.25) is 5.78 Å². The van der Waals surface area contributed by atoms with Crippen LogP contribution in [-0.2, 0) is 0 Å². The molecule has 0 saturated heterocycles. The molecule has 1 aromatic carbocycles. The predicted octanol–water partition coefficient (Wildman–Crippen LogP) is 2.87. The zero-order valence-corrected chi connectivity index (χ0v) is 9.42. The van der Waals surface area contributed by atoms with Gasteiger partial charge >= 0.3 is 0 Å². The number of hydrogen-bond donors (Lipinski definition) is 0. The standard InChI is InChI=1S/C11H12BrO2/c1-2-11(13)9-3-5-10(6-4-9)14-8-7-12/h3-6H,1-2,7-8H2/q+1. The van der Waals surface area contributed by atoms with Gasteiger partial charge in [0.05, 0.1) is 13.5 Å². The molecule has 0 atom stereocenters. The first-order chi connectivity index (χ1) is 6.77. The summed E-state index contributed by atoms with van der Waals surface area (Å²) in [6, 6.07) is 7.12. The molecule has 0 bridgehead atoms. The molecule has 14 heavy (non-hydrogen) atoms. The number of rotatable bonds is 5. The quantitative estimate of drug-likeness (QED) is 0.460. The van der Waals surface area contributed by atoms with Crippen LogP contribution in [0.2, 0.25) is 0 Å². The average molecular weight is 256 g/mol. The molecule has 2 nitrogen and oxygen atoms in total. The van der Waals surface area contributed by atoms with Gasteiger partial charge in [0.25, 0.3) is 0 Å². The Balaban J connectivity index is 2.63. The Kier molecular flexibility index (Phi) is 4.53. The zero-order chi connectivity index (χ0) is 10.4. The maximum absolute atomic E-state index is 11.2. The number of alkyl halides is 1. The van der Waals surface area contributed by atoms with Gasteiger partial charge in [-0.2, -0.15) is 0 Å². The molecule has 0 aliphatic rings. The van der Waals surface area contributed by atoms with Crippen LogP contribution in [0, 0.1) is 6.92 Å². The molecule has 0 aliphatic heterocycles. The van der Waals surface area contributed by atoms with Crippen LogP contribution < -0.4 is 4.74 Å². The molecule has 0 aromatic heterocycles. The van der Waals surface area contributed by atoms with E-state index < -0.39 is 0 Å². The number of carbonyl (C=O) groups is 1. The first-order valence-electron chi connectivity index (χ1n) is 4.39. The number of ether oxygens (including phenoxy) is 1. The average Bonchev–Trinajstić information content (AvgIpc) is 2.26. The first-order valence-corrected chi connectivity index (χ1v) is 5.51. The van der Waals surface area contributed by atoms with Gasteiger partial charge in [-0.3, -0.25) is 4.79 Å². The normalized spacial score (nSPS) is 9.79. The molecule has 0 fully saturated rings. The Hall–Kier alpha value is -0.960. The van der Waals surface area contributed by atoms with Crippen LogP contribution in [-0.4, -0.2) is 17.7 Å². The number of benzene rings is 1. The summed E-state index contributed by atoms with van der Waals surface area (Å²) in [6.07, 6.45) is 0.293. The molecule has 0 heterocycles. The Bertz CT molecular complexity index is 293. The minimum absolute atomic E-state index is 0.0528. The van der Waals surface area contributed by atoms with E-state index in [0.29, 0.717) is 18.6 Å². The third-order valence-corrected chi connectivity index (χ3v) is 2.07. The smallest absolute Gasteiger partial charge is 0.206 e. The van der Waals surface area contributed by atoms with Gasteiger partial charge < -0.3 is 4.74 Å². The molecule has 0 N–H and O–H groups in total. The predicted molar refractivity (Wildman–Crippen MR) is 60.0 cm³/mol. The van der Waals surface area contributed by atoms with Gasteiger partial charge in [0, 0.05) is 10.9 Å². The van der Waals surface area contributed by atoms with Gasteiger partial charge in [-0.05, 0) is 24.3 Å². The Morgan fingerprint density at radius 1 is 1.36 bits per heavy atom. The highest BCUT2D eigenvalue weighted by Crippen LogP contribution is 2.13. The monoisotopic (exact) mass is 255 g/mol. The van der Waals surface area contributed by atoms with Crippen LogP contribution in [0.15, 0.2) is 24.3 Å². The van der Waals surface area contributed by atoms with Crippen LogP contribution >= 0.6 is 15.9 Å². The van der Waals surface area contributed by atoms with Crippen molar-refractivity contribution in [1.82, 2.24) is 0 Å². The van der Waals surface area contributed by atoms with Crippen LogP contribution in [0.3, 0.4) is 0 Å². The van der Waals surface area contributed by atoms with Crippen LogP contribution in [0.25, 0.3) is 0 Å². The fourth-order valence-electron chi connectivity index (χ4n) is 1.04. The summed E-state index contributed by atoms with van der Waals surface area (Å²) in [7, 11) is 0. The molecule has 0 amide bonds. The molecule has 1 rings (SSSR count).